The van der Waals surface area contributed by atoms with E-state index in [-0.39, 0.29) is 0 Å². The first kappa shape index (κ1) is 12.0. The van der Waals surface area contributed by atoms with Crippen molar-refractivity contribution in [1.29, 1.82) is 0 Å². The Morgan fingerprint density at radius 3 is 2.63 bits per heavy atom. The summed E-state index contributed by atoms with van der Waals surface area (Å²) in [4.78, 5) is 0. The van der Waals surface area contributed by atoms with Crippen LogP contribution >= 0.6 is 0 Å². The predicted molar refractivity (Wildman–Crippen MR) is 76.8 cm³/mol. The number of rotatable bonds is 2. The topological polar surface area (TPSA) is 20.2 Å². The lowest BCUT2D eigenvalue weighted by molar-refractivity contribution is -0.0512. The number of hydrogen-bond acceptors (Lipinski definition) is 1. The second-order valence-corrected chi connectivity index (χ2v) is 7.04. The second-order valence-electron chi connectivity index (χ2n) is 7.04. The molecule has 19 heavy (non-hydrogen) atoms. The van der Waals surface area contributed by atoms with E-state index in [9.17, 15) is 5.11 Å². The molecule has 0 spiro atoms. The van der Waals surface area contributed by atoms with E-state index in [1.54, 1.807) is 0 Å². The molecule has 1 N–H and O–H groups in total. The minimum absolute atomic E-state index is 0.511. The maximum atomic E-state index is 11.3. The molecule has 0 aromatic heterocycles. The molecule has 5 atom stereocenters. The third kappa shape index (κ3) is 1.57. The Hall–Kier alpha value is -0.820. The van der Waals surface area contributed by atoms with Gasteiger partial charge in [-0.1, -0.05) is 37.6 Å². The first-order chi connectivity index (χ1) is 9.22. The van der Waals surface area contributed by atoms with E-state index in [1.807, 2.05) is 0 Å². The van der Waals surface area contributed by atoms with Crippen molar-refractivity contribution in [2.24, 2.45) is 23.7 Å². The predicted octanol–water partition coefficient (Wildman–Crippen LogP) is 3.89. The smallest absolute Gasteiger partial charge is 0.0930 e. The van der Waals surface area contributed by atoms with E-state index in [1.165, 1.54) is 36.8 Å². The van der Waals surface area contributed by atoms with Gasteiger partial charge < -0.3 is 5.11 Å². The van der Waals surface area contributed by atoms with E-state index in [2.05, 4.69) is 31.2 Å². The minimum Gasteiger partial charge on any atom is -0.385 e. The standard InChI is InChI=1S/C18H24O/c1-2-12-6-8-14(9-7-12)18(19)11-13-10-17(18)16-5-3-4-15(13)16/h6-9,13,15-17,19H,2-5,10-11H2,1H3. The van der Waals surface area contributed by atoms with Crippen LogP contribution in [0.15, 0.2) is 24.3 Å². The molecule has 0 amide bonds. The van der Waals surface area contributed by atoms with Crippen molar-refractivity contribution < 1.29 is 5.11 Å². The van der Waals surface area contributed by atoms with Gasteiger partial charge in [0.2, 0.25) is 0 Å². The molecule has 0 radical (unpaired) electrons. The van der Waals surface area contributed by atoms with E-state index < -0.39 is 5.60 Å². The zero-order valence-electron chi connectivity index (χ0n) is 11.8. The highest BCUT2D eigenvalue weighted by Gasteiger charge is 2.60. The van der Waals surface area contributed by atoms with Crippen LogP contribution in [0, 0.1) is 23.7 Å². The molecule has 4 rings (SSSR count). The van der Waals surface area contributed by atoms with Crippen LogP contribution in [0.5, 0.6) is 0 Å². The summed E-state index contributed by atoms with van der Waals surface area (Å²) in [6, 6.07) is 8.77. The van der Waals surface area contributed by atoms with Crippen LogP contribution < -0.4 is 0 Å². The molecule has 1 aromatic rings. The van der Waals surface area contributed by atoms with Crippen LogP contribution in [0.25, 0.3) is 0 Å². The summed E-state index contributed by atoms with van der Waals surface area (Å²) in [6.07, 6.45) is 7.56. The van der Waals surface area contributed by atoms with Crippen LogP contribution in [-0.2, 0) is 12.0 Å². The highest BCUT2D eigenvalue weighted by atomic mass is 16.3. The number of benzene rings is 1. The van der Waals surface area contributed by atoms with E-state index in [4.69, 9.17) is 0 Å². The fourth-order valence-electron chi connectivity index (χ4n) is 5.47. The van der Waals surface area contributed by atoms with Crippen molar-refractivity contribution in [2.45, 2.75) is 51.0 Å². The molecular formula is C18H24O. The first-order valence-electron chi connectivity index (χ1n) is 8.04. The summed E-state index contributed by atoms with van der Waals surface area (Å²) in [6.45, 7) is 2.18. The van der Waals surface area contributed by atoms with Crippen LogP contribution in [0.3, 0.4) is 0 Å². The van der Waals surface area contributed by atoms with Gasteiger partial charge in [-0.2, -0.15) is 0 Å². The van der Waals surface area contributed by atoms with Gasteiger partial charge in [0.25, 0.3) is 0 Å². The molecule has 3 saturated carbocycles. The molecule has 0 heterocycles. The fraction of sp³-hybridized carbons (Fsp3) is 0.667. The van der Waals surface area contributed by atoms with E-state index in [0.717, 1.165) is 30.6 Å². The fourth-order valence-corrected chi connectivity index (χ4v) is 5.47. The Bertz CT molecular complexity index is 477. The molecule has 5 unspecified atom stereocenters. The molecule has 1 heteroatoms. The molecule has 0 saturated heterocycles. The Kier molecular flexibility index (Phi) is 2.57. The van der Waals surface area contributed by atoms with Crippen LogP contribution in [0.2, 0.25) is 0 Å². The minimum atomic E-state index is -0.511. The second kappa shape index (κ2) is 4.09. The van der Waals surface area contributed by atoms with Gasteiger partial charge in [0, 0.05) is 0 Å². The van der Waals surface area contributed by atoms with Gasteiger partial charge in [-0.05, 0) is 66.9 Å². The molecule has 3 aliphatic rings. The molecule has 102 valence electrons. The zero-order chi connectivity index (χ0) is 13.0. The lowest BCUT2D eigenvalue weighted by atomic mass is 9.70. The molecule has 0 aliphatic heterocycles. The Labute approximate surface area is 116 Å². The van der Waals surface area contributed by atoms with E-state index >= 15 is 0 Å². The van der Waals surface area contributed by atoms with E-state index in [0.29, 0.717) is 5.92 Å². The van der Waals surface area contributed by atoms with Crippen LogP contribution in [0.4, 0.5) is 0 Å². The average Bonchev–Trinajstić information content (AvgIpc) is 3.10. The molecule has 1 nitrogen and oxygen atoms in total. The van der Waals surface area contributed by atoms with Crippen molar-refractivity contribution in [3.8, 4) is 0 Å². The summed E-state index contributed by atoms with van der Waals surface area (Å²) in [5.74, 6) is 3.10. The summed E-state index contributed by atoms with van der Waals surface area (Å²) < 4.78 is 0. The van der Waals surface area contributed by atoms with Gasteiger partial charge >= 0.3 is 0 Å². The average molecular weight is 256 g/mol. The summed E-state index contributed by atoms with van der Waals surface area (Å²) >= 11 is 0. The molecule has 3 aliphatic carbocycles. The number of aliphatic hydroxyl groups is 1. The third-order valence-corrected chi connectivity index (χ3v) is 6.35. The van der Waals surface area contributed by atoms with Gasteiger partial charge in [-0.3, -0.25) is 0 Å². The van der Waals surface area contributed by atoms with Crippen molar-refractivity contribution in [1.82, 2.24) is 0 Å². The summed E-state index contributed by atoms with van der Waals surface area (Å²) in [5.41, 5.74) is 2.04. The normalized spacial score (nSPS) is 43.7. The van der Waals surface area contributed by atoms with Crippen molar-refractivity contribution >= 4 is 0 Å². The van der Waals surface area contributed by atoms with Crippen LogP contribution in [0.1, 0.15) is 50.2 Å². The Morgan fingerprint density at radius 2 is 1.89 bits per heavy atom. The first-order valence-corrected chi connectivity index (χ1v) is 8.04. The Balaban J connectivity index is 1.67. The summed E-state index contributed by atoms with van der Waals surface area (Å²) in [5, 5.41) is 11.3. The SMILES string of the molecule is CCc1ccc(C2(O)CC3CC2C2CCCC32)cc1. The maximum absolute atomic E-state index is 11.3. The third-order valence-electron chi connectivity index (χ3n) is 6.35. The van der Waals surface area contributed by atoms with Gasteiger partial charge in [-0.15, -0.1) is 0 Å². The molecule has 1 aromatic carbocycles. The molecule has 3 fully saturated rings. The van der Waals surface area contributed by atoms with Crippen molar-refractivity contribution in [3.63, 3.8) is 0 Å². The van der Waals surface area contributed by atoms with Crippen molar-refractivity contribution in [2.75, 3.05) is 0 Å². The van der Waals surface area contributed by atoms with Gasteiger partial charge in [0.15, 0.2) is 0 Å². The van der Waals surface area contributed by atoms with Crippen molar-refractivity contribution in [3.05, 3.63) is 35.4 Å². The van der Waals surface area contributed by atoms with Gasteiger partial charge in [0.05, 0.1) is 5.60 Å². The van der Waals surface area contributed by atoms with Gasteiger partial charge in [0.1, 0.15) is 0 Å². The summed E-state index contributed by atoms with van der Waals surface area (Å²) in [7, 11) is 0. The highest BCUT2D eigenvalue weighted by molar-refractivity contribution is 5.31. The number of fused-ring (bicyclic) bond motifs is 5. The number of hydrogen-bond donors (Lipinski definition) is 1. The quantitative estimate of drug-likeness (QED) is 0.851. The molecule has 2 bridgehead atoms. The number of aryl methyl sites for hydroxylation is 1. The zero-order valence-corrected chi connectivity index (χ0v) is 11.8. The molecular weight excluding hydrogens is 232 g/mol. The lowest BCUT2D eigenvalue weighted by Gasteiger charge is -2.39. The maximum Gasteiger partial charge on any atom is 0.0930 e. The highest BCUT2D eigenvalue weighted by Crippen LogP contribution is 2.65. The van der Waals surface area contributed by atoms with Gasteiger partial charge in [-0.25, -0.2) is 0 Å². The van der Waals surface area contributed by atoms with Crippen LogP contribution in [-0.4, -0.2) is 5.11 Å². The monoisotopic (exact) mass is 256 g/mol. The largest absolute Gasteiger partial charge is 0.385 e. The lowest BCUT2D eigenvalue weighted by Crippen LogP contribution is -2.38. The Morgan fingerprint density at radius 1 is 1.16 bits per heavy atom.